The monoisotopic (exact) mass is 204 g/mol. The quantitative estimate of drug-likeness (QED) is 0.269. The summed E-state index contributed by atoms with van der Waals surface area (Å²) in [5.41, 5.74) is 0. The Morgan fingerprint density at radius 1 is 1.08 bits per heavy atom. The van der Waals surface area contributed by atoms with Gasteiger partial charge in [-0.15, -0.1) is 23.5 Å². The molecule has 66 valence electrons. The van der Waals surface area contributed by atoms with Crippen LogP contribution in [-0.4, -0.2) is 35.4 Å². The molecule has 0 radical (unpaired) electrons. The highest BCUT2D eigenvalue weighted by Crippen LogP contribution is 2.10. The third kappa shape index (κ3) is 9.46. The van der Waals surface area contributed by atoms with E-state index in [4.69, 9.17) is 0 Å². The van der Waals surface area contributed by atoms with E-state index < -0.39 is 0 Å². The van der Waals surface area contributed by atoms with Crippen LogP contribution in [0.25, 0.3) is 0 Å². The van der Waals surface area contributed by atoms with Gasteiger partial charge < -0.3 is 0 Å². The highest BCUT2D eigenvalue weighted by molar-refractivity contribution is 8.15. The van der Waals surface area contributed by atoms with Crippen molar-refractivity contribution in [3.63, 3.8) is 0 Å². The van der Waals surface area contributed by atoms with Gasteiger partial charge in [-0.1, -0.05) is 0 Å². The minimum atomic E-state index is 0.452. The largest absolute Gasteiger partial charge is 0.235 e. The van der Waals surface area contributed by atoms with Crippen LogP contribution in [0.3, 0.4) is 0 Å². The second kappa shape index (κ2) is 10.5. The van der Waals surface area contributed by atoms with Gasteiger partial charge in [-0.25, -0.2) is 14.6 Å². The van der Waals surface area contributed by atoms with Gasteiger partial charge in [0, 0.05) is 10.8 Å². The van der Waals surface area contributed by atoms with E-state index in [1.54, 1.807) is 11.8 Å². The van der Waals surface area contributed by atoms with Crippen molar-refractivity contribution in [2.24, 2.45) is 9.98 Å². The lowest BCUT2D eigenvalue weighted by molar-refractivity contribution is 0.563. The van der Waals surface area contributed by atoms with E-state index in [1.165, 1.54) is 23.9 Å². The molecule has 0 fully saturated rings. The van der Waals surface area contributed by atoms with Crippen molar-refractivity contribution in [3.8, 4) is 0 Å². The van der Waals surface area contributed by atoms with Crippen LogP contribution in [0.15, 0.2) is 9.98 Å². The summed E-state index contributed by atoms with van der Waals surface area (Å²) in [7, 11) is 0. The Kier molecular flexibility index (Phi) is 9.99. The molecule has 12 heavy (non-hydrogen) atoms. The van der Waals surface area contributed by atoms with E-state index in [1.807, 2.05) is 0 Å². The number of thioether (sulfide) groups is 2. The molecule has 0 spiro atoms. The topological polar surface area (TPSA) is 58.9 Å². The predicted octanol–water partition coefficient (Wildman–Crippen LogP) is 1.04. The van der Waals surface area contributed by atoms with Gasteiger partial charge in [-0.2, -0.15) is 4.99 Å². The second-order valence-corrected chi connectivity index (χ2v) is 4.01. The summed E-state index contributed by atoms with van der Waals surface area (Å²) in [6.07, 6.45) is 2.92. The van der Waals surface area contributed by atoms with E-state index >= 15 is 0 Å². The Labute approximate surface area is 78.9 Å². The molecule has 0 unspecified atom stereocenters. The highest BCUT2D eigenvalue weighted by atomic mass is 32.2. The van der Waals surface area contributed by atoms with Crippen molar-refractivity contribution in [1.82, 2.24) is 0 Å². The Bertz CT molecular complexity index is 176. The smallest absolute Gasteiger partial charge is 0.211 e. The molecule has 0 saturated heterocycles. The lowest BCUT2D eigenvalue weighted by Gasteiger charge is -1.94. The SMILES string of the molecule is O=C=NCCSCSCN=C=O. The van der Waals surface area contributed by atoms with Crippen LogP contribution in [0.4, 0.5) is 0 Å². The van der Waals surface area contributed by atoms with Gasteiger partial charge in [-0.05, 0) is 0 Å². The molecular weight excluding hydrogens is 196 g/mol. The van der Waals surface area contributed by atoms with Crippen molar-refractivity contribution in [3.05, 3.63) is 0 Å². The van der Waals surface area contributed by atoms with Gasteiger partial charge in [0.25, 0.3) is 0 Å². The molecule has 0 saturated carbocycles. The Hall–Kier alpha value is -0.540. The fourth-order valence-electron chi connectivity index (χ4n) is 0.383. The maximum atomic E-state index is 9.61. The minimum Gasteiger partial charge on any atom is -0.211 e. The molecule has 0 N–H and O–H groups in total. The zero-order valence-corrected chi connectivity index (χ0v) is 7.99. The first-order chi connectivity index (χ1) is 5.91. The first-order valence-corrected chi connectivity index (χ1v) is 5.45. The molecule has 0 aromatic heterocycles. The van der Waals surface area contributed by atoms with Crippen LogP contribution >= 0.6 is 23.5 Å². The number of isocyanates is 2. The highest BCUT2D eigenvalue weighted by Gasteiger charge is 1.87. The van der Waals surface area contributed by atoms with Crippen LogP contribution in [0, 0.1) is 0 Å². The van der Waals surface area contributed by atoms with Gasteiger partial charge in [0.05, 0.1) is 12.4 Å². The summed E-state index contributed by atoms with van der Waals surface area (Å²) in [5.74, 6) is 1.25. The van der Waals surface area contributed by atoms with Gasteiger partial charge in [-0.3, -0.25) is 0 Å². The number of carbonyl (C=O) groups excluding carboxylic acids is 2. The number of hydrogen-bond acceptors (Lipinski definition) is 6. The summed E-state index contributed by atoms with van der Waals surface area (Å²) >= 11 is 3.17. The van der Waals surface area contributed by atoms with E-state index in [0.29, 0.717) is 12.4 Å². The molecule has 0 aliphatic heterocycles. The number of rotatable bonds is 7. The van der Waals surface area contributed by atoms with E-state index in [0.717, 1.165) is 10.8 Å². The van der Waals surface area contributed by atoms with Gasteiger partial charge in [0.1, 0.15) is 0 Å². The number of nitrogens with zero attached hydrogens (tertiary/aromatic N) is 2. The van der Waals surface area contributed by atoms with Crippen molar-refractivity contribution >= 4 is 35.7 Å². The summed E-state index contributed by atoms with van der Waals surface area (Å²) < 4.78 is 0. The minimum absolute atomic E-state index is 0.452. The van der Waals surface area contributed by atoms with Crippen molar-refractivity contribution in [2.45, 2.75) is 0 Å². The first kappa shape index (κ1) is 11.5. The van der Waals surface area contributed by atoms with Crippen LogP contribution in [0.5, 0.6) is 0 Å². The Balaban J connectivity index is 3.00. The van der Waals surface area contributed by atoms with Crippen LogP contribution in [-0.2, 0) is 9.59 Å². The molecule has 0 bridgehead atoms. The molecule has 0 atom stereocenters. The van der Waals surface area contributed by atoms with Gasteiger partial charge >= 0.3 is 0 Å². The summed E-state index contributed by atoms with van der Waals surface area (Å²) in [4.78, 5) is 26.0. The van der Waals surface area contributed by atoms with Crippen molar-refractivity contribution in [2.75, 3.05) is 23.3 Å². The summed E-state index contributed by atoms with van der Waals surface area (Å²) in [6, 6.07) is 0. The predicted molar refractivity (Wildman–Crippen MR) is 50.9 cm³/mol. The van der Waals surface area contributed by atoms with Crippen LogP contribution in [0.1, 0.15) is 0 Å². The molecule has 0 aromatic carbocycles. The normalized spacial score (nSPS) is 8.33. The average Bonchev–Trinajstić information content (AvgIpc) is 2.10. The molecule has 0 rings (SSSR count). The van der Waals surface area contributed by atoms with Gasteiger partial charge in [0.2, 0.25) is 12.2 Å². The lowest BCUT2D eigenvalue weighted by Crippen LogP contribution is -1.85. The lowest BCUT2D eigenvalue weighted by atomic mass is 10.8. The summed E-state index contributed by atoms with van der Waals surface area (Å²) in [5, 5.41) is 0.847. The van der Waals surface area contributed by atoms with E-state index in [2.05, 4.69) is 9.98 Å². The molecule has 0 aliphatic rings. The van der Waals surface area contributed by atoms with E-state index in [9.17, 15) is 9.59 Å². The Morgan fingerprint density at radius 3 is 2.50 bits per heavy atom. The van der Waals surface area contributed by atoms with Crippen LogP contribution < -0.4 is 0 Å². The maximum Gasteiger partial charge on any atom is 0.235 e. The molecule has 0 aliphatic carbocycles. The fourth-order valence-corrected chi connectivity index (χ4v) is 1.99. The zero-order chi connectivity index (χ0) is 9.07. The number of aliphatic imine (C=N–C) groups is 2. The Morgan fingerprint density at radius 2 is 1.83 bits per heavy atom. The second-order valence-electron chi connectivity index (χ2n) is 1.58. The molecule has 0 heterocycles. The van der Waals surface area contributed by atoms with Gasteiger partial charge in [0.15, 0.2) is 0 Å². The van der Waals surface area contributed by atoms with Crippen molar-refractivity contribution in [1.29, 1.82) is 0 Å². The van der Waals surface area contributed by atoms with E-state index in [-0.39, 0.29) is 0 Å². The summed E-state index contributed by atoms with van der Waals surface area (Å²) in [6.45, 7) is 0.506. The van der Waals surface area contributed by atoms with Crippen molar-refractivity contribution < 1.29 is 9.59 Å². The third-order valence-electron chi connectivity index (χ3n) is 0.799. The standard InChI is InChI=1S/C6H8N2O2S2/c9-3-7-1-2-11-6-12-5-8-4-10/h1-2,5-6H2. The maximum absolute atomic E-state index is 9.61. The molecule has 4 nitrogen and oxygen atoms in total. The molecule has 0 amide bonds. The van der Waals surface area contributed by atoms with Crippen LogP contribution in [0.2, 0.25) is 0 Å². The number of hydrogen-bond donors (Lipinski definition) is 0. The third-order valence-corrected chi connectivity index (χ3v) is 2.92. The average molecular weight is 204 g/mol. The fraction of sp³-hybridized carbons (Fsp3) is 0.667. The molecule has 0 aromatic rings. The molecule has 6 heteroatoms. The zero-order valence-electron chi connectivity index (χ0n) is 6.36. The first-order valence-electron chi connectivity index (χ1n) is 3.14. The molecular formula is C6H8N2O2S2.